The van der Waals surface area contributed by atoms with Crippen LogP contribution < -0.4 is 11.1 Å². The molecule has 0 aromatic rings. The number of Topliss-reactive ketones (excluding diaryl/α,β-unsaturated/α-hetero) is 1. The fourth-order valence-electron chi connectivity index (χ4n) is 0.754. The lowest BCUT2D eigenvalue weighted by Gasteiger charge is -1.94. The monoisotopic (exact) mass is 156 g/mol. The van der Waals surface area contributed by atoms with Crippen LogP contribution in [-0.4, -0.2) is 23.5 Å². The molecule has 11 heavy (non-hydrogen) atoms. The summed E-state index contributed by atoms with van der Waals surface area (Å²) < 4.78 is 0. The summed E-state index contributed by atoms with van der Waals surface area (Å²) in [6, 6.07) is 0. The highest BCUT2D eigenvalue weighted by atomic mass is 16.2. The normalized spacial score (nSPS) is 23.6. The zero-order valence-corrected chi connectivity index (χ0v) is 5.29. The van der Waals surface area contributed by atoms with Gasteiger partial charge in [-0.15, -0.1) is 0 Å². The van der Waals surface area contributed by atoms with E-state index < -0.39 is 29.4 Å². The van der Waals surface area contributed by atoms with Gasteiger partial charge in [-0.2, -0.15) is 0 Å². The number of amides is 3. The molecule has 3 amide bonds. The summed E-state index contributed by atoms with van der Waals surface area (Å²) in [5.74, 6) is -5.81. The summed E-state index contributed by atoms with van der Waals surface area (Å²) in [6.07, 6.45) is 0. The number of carbonyl (C=O) groups is 4. The maximum atomic E-state index is 10.6. The fraction of sp³-hybridized carbons (Fsp3) is 0.200. The second-order valence-corrected chi connectivity index (χ2v) is 2.02. The zero-order chi connectivity index (χ0) is 8.59. The van der Waals surface area contributed by atoms with Gasteiger partial charge in [-0.25, -0.2) is 0 Å². The lowest BCUT2D eigenvalue weighted by atomic mass is 10.1. The van der Waals surface area contributed by atoms with Crippen molar-refractivity contribution in [2.45, 2.75) is 0 Å². The first-order valence-corrected chi connectivity index (χ1v) is 2.72. The van der Waals surface area contributed by atoms with E-state index in [4.69, 9.17) is 0 Å². The summed E-state index contributed by atoms with van der Waals surface area (Å²) in [5.41, 5.74) is 4.67. The lowest BCUT2D eigenvalue weighted by Crippen LogP contribution is -2.33. The van der Waals surface area contributed by atoms with E-state index in [2.05, 4.69) is 5.73 Å². The Labute approximate surface area is 60.7 Å². The molecule has 3 N–H and O–H groups in total. The Balaban J connectivity index is 2.98. The number of nitrogens with two attached hydrogens (primary N) is 1. The van der Waals surface area contributed by atoms with Crippen LogP contribution in [0.4, 0.5) is 0 Å². The Bertz CT molecular complexity index is 270. The number of hydrogen-bond acceptors (Lipinski definition) is 4. The molecule has 1 atom stereocenters. The van der Waals surface area contributed by atoms with Gasteiger partial charge in [0, 0.05) is 0 Å². The Morgan fingerprint density at radius 2 is 1.91 bits per heavy atom. The van der Waals surface area contributed by atoms with Crippen molar-refractivity contribution in [3.05, 3.63) is 0 Å². The molecule has 0 spiro atoms. The second-order valence-electron chi connectivity index (χ2n) is 2.02. The second kappa shape index (κ2) is 2.15. The molecular weight excluding hydrogens is 152 g/mol. The van der Waals surface area contributed by atoms with E-state index in [1.807, 2.05) is 0 Å². The van der Waals surface area contributed by atoms with Crippen molar-refractivity contribution in [3.8, 4) is 0 Å². The smallest absolute Gasteiger partial charge is 0.295 e. The fourth-order valence-corrected chi connectivity index (χ4v) is 0.754. The van der Waals surface area contributed by atoms with Crippen molar-refractivity contribution in [3.63, 3.8) is 0 Å². The number of ketones is 1. The molecule has 58 valence electrons. The molecule has 0 bridgehead atoms. The highest BCUT2D eigenvalue weighted by molar-refractivity contribution is 6.52. The van der Waals surface area contributed by atoms with Crippen LogP contribution in [0.3, 0.4) is 0 Å². The maximum absolute atomic E-state index is 10.6. The van der Waals surface area contributed by atoms with Gasteiger partial charge in [-0.1, -0.05) is 0 Å². The van der Waals surface area contributed by atoms with E-state index in [0.29, 0.717) is 0 Å². The Morgan fingerprint density at radius 1 is 1.36 bits per heavy atom. The average Bonchev–Trinajstić information content (AvgIpc) is 2.07. The van der Waals surface area contributed by atoms with Crippen LogP contribution in [0.1, 0.15) is 0 Å². The first-order valence-electron chi connectivity index (χ1n) is 2.72. The van der Waals surface area contributed by atoms with Gasteiger partial charge in [-0.3, -0.25) is 24.5 Å². The van der Waals surface area contributed by atoms with Gasteiger partial charge in [0.05, 0.1) is 0 Å². The molecule has 0 aliphatic carbocycles. The highest BCUT2D eigenvalue weighted by Crippen LogP contribution is 2.04. The van der Waals surface area contributed by atoms with Crippen molar-refractivity contribution in [2.75, 3.05) is 0 Å². The lowest BCUT2D eigenvalue weighted by molar-refractivity contribution is -0.140. The van der Waals surface area contributed by atoms with Crippen LogP contribution in [0, 0.1) is 5.92 Å². The number of carbonyl (C=O) groups excluding carboxylic acids is 4. The number of nitrogens with one attached hydrogen (secondary N) is 1. The molecule has 1 aliphatic rings. The molecule has 0 unspecified atom stereocenters. The Hall–Kier alpha value is -1.72. The molecule has 0 saturated carbocycles. The summed E-state index contributed by atoms with van der Waals surface area (Å²) in [7, 11) is 0. The number of hydrogen-bond donors (Lipinski definition) is 2. The van der Waals surface area contributed by atoms with Crippen LogP contribution in [0.5, 0.6) is 0 Å². The van der Waals surface area contributed by atoms with Gasteiger partial charge >= 0.3 is 0 Å². The standard InChI is InChI=1S/C5H4N2O4/c6-3(9)1-2(8)5(11)7-4(1)10/h1H,(H2,6,9)(H,7,10,11)/t1-/m1/s1. The third-order valence-electron chi connectivity index (χ3n) is 1.27. The molecule has 1 aliphatic heterocycles. The molecule has 6 nitrogen and oxygen atoms in total. The minimum atomic E-state index is -1.62. The van der Waals surface area contributed by atoms with E-state index >= 15 is 0 Å². The SMILES string of the molecule is NC(=O)[C@@H]1C(=O)NC(=O)C1=O. The van der Waals surface area contributed by atoms with Crippen molar-refractivity contribution in [1.29, 1.82) is 0 Å². The Morgan fingerprint density at radius 3 is 2.09 bits per heavy atom. The first kappa shape index (κ1) is 7.39. The highest BCUT2D eigenvalue weighted by Gasteiger charge is 2.43. The van der Waals surface area contributed by atoms with Gasteiger partial charge in [-0.05, 0) is 0 Å². The molecular formula is C5H4N2O4. The van der Waals surface area contributed by atoms with Crippen molar-refractivity contribution in [2.24, 2.45) is 11.7 Å². The Kier molecular flexibility index (Phi) is 1.45. The molecule has 1 saturated heterocycles. The van der Waals surface area contributed by atoms with Gasteiger partial charge < -0.3 is 5.73 Å². The molecule has 1 fully saturated rings. The molecule has 6 heteroatoms. The van der Waals surface area contributed by atoms with Crippen LogP contribution in [0.2, 0.25) is 0 Å². The third-order valence-corrected chi connectivity index (χ3v) is 1.27. The molecule has 0 aromatic heterocycles. The van der Waals surface area contributed by atoms with Gasteiger partial charge in [0.1, 0.15) is 0 Å². The maximum Gasteiger partial charge on any atom is 0.295 e. The number of primary amides is 1. The van der Waals surface area contributed by atoms with E-state index in [1.165, 1.54) is 0 Å². The molecule has 1 heterocycles. The van der Waals surface area contributed by atoms with Crippen molar-refractivity contribution in [1.82, 2.24) is 5.32 Å². The first-order chi connectivity index (χ1) is 5.04. The predicted molar refractivity (Wildman–Crippen MR) is 30.8 cm³/mol. The predicted octanol–water partition coefficient (Wildman–Crippen LogP) is -2.69. The van der Waals surface area contributed by atoms with Crippen LogP contribution >= 0.6 is 0 Å². The van der Waals surface area contributed by atoms with Crippen LogP contribution in [-0.2, 0) is 19.2 Å². The van der Waals surface area contributed by atoms with E-state index in [-0.39, 0.29) is 0 Å². The van der Waals surface area contributed by atoms with Gasteiger partial charge in [0.15, 0.2) is 5.92 Å². The van der Waals surface area contributed by atoms with E-state index in [1.54, 1.807) is 5.32 Å². The minimum Gasteiger partial charge on any atom is -0.369 e. The average molecular weight is 156 g/mol. The van der Waals surface area contributed by atoms with Crippen LogP contribution in [0.25, 0.3) is 0 Å². The number of rotatable bonds is 1. The van der Waals surface area contributed by atoms with Gasteiger partial charge in [0.25, 0.3) is 5.91 Å². The van der Waals surface area contributed by atoms with Crippen molar-refractivity contribution >= 4 is 23.5 Å². The van der Waals surface area contributed by atoms with E-state index in [0.717, 1.165) is 0 Å². The zero-order valence-electron chi connectivity index (χ0n) is 5.29. The molecule has 1 rings (SSSR count). The largest absolute Gasteiger partial charge is 0.369 e. The van der Waals surface area contributed by atoms with Crippen LogP contribution in [0.15, 0.2) is 0 Å². The minimum absolute atomic E-state index is 0.937. The topological polar surface area (TPSA) is 106 Å². The van der Waals surface area contributed by atoms with E-state index in [9.17, 15) is 19.2 Å². The van der Waals surface area contributed by atoms with Crippen molar-refractivity contribution < 1.29 is 19.2 Å². The molecule has 0 aromatic carbocycles. The summed E-state index contributed by atoms with van der Waals surface area (Å²) >= 11 is 0. The quantitative estimate of drug-likeness (QED) is 0.245. The third kappa shape index (κ3) is 0.977. The summed E-state index contributed by atoms with van der Waals surface area (Å²) in [6.45, 7) is 0. The van der Waals surface area contributed by atoms with Gasteiger partial charge in [0.2, 0.25) is 17.6 Å². The summed E-state index contributed by atoms with van der Waals surface area (Å²) in [5, 5.41) is 1.67. The summed E-state index contributed by atoms with van der Waals surface area (Å²) in [4.78, 5) is 42.0. The molecule has 0 radical (unpaired) electrons. The number of imide groups is 1.